The maximum Gasteiger partial charge on any atom is 0.163 e. The number of aryl methyl sites for hydroxylation is 2. The van der Waals surface area contributed by atoms with E-state index in [-0.39, 0.29) is 4.28 Å². The molecule has 2 aromatic rings. The molecule has 1 heterocycles. The Labute approximate surface area is 148 Å². The van der Waals surface area contributed by atoms with E-state index in [0.717, 1.165) is 24.2 Å². The summed E-state index contributed by atoms with van der Waals surface area (Å²) in [6.45, 7) is 0. The predicted molar refractivity (Wildman–Crippen MR) is 103 cm³/mol. The largest absolute Gasteiger partial charge is 0.367 e. The van der Waals surface area contributed by atoms with Crippen molar-refractivity contribution in [1.29, 1.82) is 0 Å². The topological polar surface area (TPSA) is 42.0 Å². The van der Waals surface area contributed by atoms with Gasteiger partial charge in [0.15, 0.2) is 5.78 Å². The van der Waals surface area contributed by atoms with Crippen LogP contribution in [0.15, 0.2) is 42.6 Å². The third-order valence-corrected chi connectivity index (χ3v) is 5.55. The van der Waals surface area contributed by atoms with E-state index in [4.69, 9.17) is 0 Å². The number of nitrogens with one attached hydrogen (secondary N) is 1. The number of anilines is 1. The van der Waals surface area contributed by atoms with E-state index >= 15 is 0 Å². The van der Waals surface area contributed by atoms with Crippen LogP contribution >= 0.6 is 0 Å². The Balaban J connectivity index is 0.00000121. The molecule has 1 aromatic heterocycles. The third-order valence-electron chi connectivity index (χ3n) is 5.55. The molecule has 0 aliphatic heterocycles. The number of Topliss-reactive ketones (excluding diaryl/α,β-unsaturated/α-hetero) is 1. The molecule has 4 rings (SSSR count). The first kappa shape index (κ1) is 15.4. The summed E-state index contributed by atoms with van der Waals surface area (Å²) in [6.07, 6.45) is 9.61. The number of nitrogens with zero attached hydrogens (tertiary/aromatic N) is 1. The zero-order chi connectivity index (χ0) is 16.4. The quantitative estimate of drug-likeness (QED) is 0.825. The molecule has 1 fully saturated rings. The molecule has 2 atom stereocenters. The molecule has 1 aromatic carbocycles. The Morgan fingerprint density at radius 2 is 2.12 bits per heavy atom. The molecule has 2 aliphatic rings. The van der Waals surface area contributed by atoms with Crippen LogP contribution in [0, 0.1) is 5.92 Å². The van der Waals surface area contributed by atoms with Gasteiger partial charge in [0.05, 0.1) is 0 Å². The minimum absolute atomic E-state index is 0. The summed E-state index contributed by atoms with van der Waals surface area (Å²) < 4.78 is 0. The Hall–Kier alpha value is -2.16. The number of hydrogen-bond donors (Lipinski definition) is 1. The second-order valence-electron chi connectivity index (χ2n) is 7.11. The number of carbonyl (C=O) groups excluding carboxylic acids is 1. The summed E-state index contributed by atoms with van der Waals surface area (Å²) in [6, 6.07) is 13.0. The molecular formula is C21H30N2O. The van der Waals surface area contributed by atoms with Gasteiger partial charge in [-0.3, -0.25) is 4.79 Å². The molecule has 3 heteroatoms. The van der Waals surface area contributed by atoms with E-state index in [1.54, 1.807) is 0 Å². The maximum atomic E-state index is 11.7. The minimum atomic E-state index is 0. The molecule has 2 aliphatic carbocycles. The van der Waals surface area contributed by atoms with Gasteiger partial charge >= 0.3 is 0 Å². The van der Waals surface area contributed by atoms with E-state index < -0.39 is 0 Å². The van der Waals surface area contributed by atoms with Crippen molar-refractivity contribution in [2.24, 2.45) is 5.92 Å². The second kappa shape index (κ2) is 6.76. The van der Waals surface area contributed by atoms with Crippen LogP contribution in [0.2, 0.25) is 0 Å². The molecule has 0 bridgehead atoms. The number of fused-ring (bicyclic) bond motifs is 1. The van der Waals surface area contributed by atoms with Crippen LogP contribution in [-0.4, -0.2) is 16.8 Å². The first-order chi connectivity index (χ1) is 11.8. The summed E-state index contributed by atoms with van der Waals surface area (Å²) in [4.78, 5) is 16.1. The SMILES string of the molecule is O=C1CCc2cc(CCC3CCCC3Nc3ccccn3)ccc21.[HH].[HH].[HH]. The Morgan fingerprint density at radius 3 is 3.00 bits per heavy atom. The maximum absolute atomic E-state index is 11.7. The van der Waals surface area contributed by atoms with Gasteiger partial charge in [-0.05, 0) is 61.3 Å². The summed E-state index contributed by atoms with van der Waals surface area (Å²) in [5.41, 5.74) is 3.59. The Morgan fingerprint density at radius 1 is 1.17 bits per heavy atom. The fraction of sp³-hybridized carbons (Fsp3) is 0.429. The van der Waals surface area contributed by atoms with E-state index in [1.807, 2.05) is 30.5 Å². The van der Waals surface area contributed by atoms with Gasteiger partial charge in [0.2, 0.25) is 0 Å². The Bertz CT molecular complexity index is 739. The average molecular weight is 326 g/mol. The van der Waals surface area contributed by atoms with Gasteiger partial charge in [0, 0.05) is 28.5 Å². The van der Waals surface area contributed by atoms with Crippen LogP contribution in [-0.2, 0) is 12.8 Å². The number of hydrogen-bond acceptors (Lipinski definition) is 3. The highest BCUT2D eigenvalue weighted by Crippen LogP contribution is 2.32. The van der Waals surface area contributed by atoms with Gasteiger partial charge in [0.25, 0.3) is 0 Å². The van der Waals surface area contributed by atoms with E-state index in [9.17, 15) is 4.79 Å². The molecule has 24 heavy (non-hydrogen) atoms. The van der Waals surface area contributed by atoms with Crippen LogP contribution in [0.4, 0.5) is 5.82 Å². The smallest absolute Gasteiger partial charge is 0.163 e. The first-order valence-electron chi connectivity index (χ1n) is 9.12. The van der Waals surface area contributed by atoms with Crippen molar-refractivity contribution in [3.05, 3.63) is 59.3 Å². The van der Waals surface area contributed by atoms with Crippen molar-refractivity contribution < 1.29 is 9.07 Å². The van der Waals surface area contributed by atoms with E-state index in [2.05, 4.69) is 22.4 Å². The molecular weight excluding hydrogens is 296 g/mol. The van der Waals surface area contributed by atoms with E-state index in [1.165, 1.54) is 36.8 Å². The van der Waals surface area contributed by atoms with Gasteiger partial charge in [-0.1, -0.05) is 30.7 Å². The van der Waals surface area contributed by atoms with Crippen LogP contribution in [0.3, 0.4) is 0 Å². The predicted octanol–water partition coefficient (Wildman–Crippen LogP) is 5.16. The van der Waals surface area contributed by atoms with Crippen molar-refractivity contribution in [3.63, 3.8) is 0 Å². The molecule has 1 N–H and O–H groups in total. The van der Waals surface area contributed by atoms with Crippen molar-refractivity contribution in [2.75, 3.05) is 5.32 Å². The highest BCUT2D eigenvalue weighted by molar-refractivity contribution is 6.00. The van der Waals surface area contributed by atoms with Crippen molar-refractivity contribution in [3.8, 4) is 0 Å². The molecule has 3 nitrogen and oxygen atoms in total. The number of ketones is 1. The van der Waals surface area contributed by atoms with Crippen LogP contribution in [0.1, 0.15) is 57.9 Å². The lowest BCUT2D eigenvalue weighted by atomic mass is 9.93. The summed E-state index contributed by atoms with van der Waals surface area (Å²) in [7, 11) is 0. The van der Waals surface area contributed by atoms with Crippen molar-refractivity contribution in [1.82, 2.24) is 4.98 Å². The van der Waals surface area contributed by atoms with E-state index in [0.29, 0.717) is 24.2 Å². The van der Waals surface area contributed by atoms with Gasteiger partial charge in [-0.15, -0.1) is 0 Å². The number of pyridine rings is 1. The number of benzene rings is 1. The zero-order valence-electron chi connectivity index (χ0n) is 14.0. The van der Waals surface area contributed by atoms with Crippen LogP contribution in [0.5, 0.6) is 0 Å². The highest BCUT2D eigenvalue weighted by Gasteiger charge is 2.27. The summed E-state index contributed by atoms with van der Waals surface area (Å²) in [5.74, 6) is 2.01. The van der Waals surface area contributed by atoms with Gasteiger partial charge in [-0.2, -0.15) is 0 Å². The lowest BCUT2D eigenvalue weighted by Crippen LogP contribution is -2.24. The number of carbonyl (C=O) groups is 1. The molecule has 0 radical (unpaired) electrons. The normalized spacial score (nSPS) is 22.6. The van der Waals surface area contributed by atoms with Crippen LogP contribution < -0.4 is 5.32 Å². The Kier molecular flexibility index (Phi) is 4.33. The fourth-order valence-electron chi connectivity index (χ4n) is 4.23. The third kappa shape index (κ3) is 3.21. The standard InChI is InChI=1S/C21H24N2O.3H2/c24-20-12-10-17-14-15(8-11-18(17)20)7-9-16-4-3-5-19(16)23-21-6-1-2-13-22-21;;;/h1-2,6,8,11,13-14,16,19H,3-5,7,9-10,12H2,(H,22,23);3*1H. The molecule has 2 unspecified atom stereocenters. The van der Waals surface area contributed by atoms with Crippen LogP contribution in [0.25, 0.3) is 0 Å². The van der Waals surface area contributed by atoms with Gasteiger partial charge < -0.3 is 5.32 Å². The average Bonchev–Trinajstić information content (AvgIpc) is 3.21. The molecule has 0 spiro atoms. The molecule has 130 valence electrons. The lowest BCUT2D eigenvalue weighted by molar-refractivity contribution is 0.0994. The zero-order valence-corrected chi connectivity index (χ0v) is 14.0. The van der Waals surface area contributed by atoms with Crippen molar-refractivity contribution >= 4 is 11.6 Å². The minimum Gasteiger partial charge on any atom is -0.367 e. The molecule has 0 saturated heterocycles. The summed E-state index contributed by atoms with van der Waals surface area (Å²) in [5, 5.41) is 3.62. The highest BCUT2D eigenvalue weighted by atomic mass is 16.1. The second-order valence-corrected chi connectivity index (χ2v) is 7.11. The first-order valence-corrected chi connectivity index (χ1v) is 9.12. The molecule has 0 amide bonds. The van der Waals surface area contributed by atoms with Crippen molar-refractivity contribution in [2.45, 2.75) is 51.0 Å². The van der Waals surface area contributed by atoms with Gasteiger partial charge in [-0.25, -0.2) is 4.98 Å². The summed E-state index contributed by atoms with van der Waals surface area (Å²) >= 11 is 0. The number of aromatic nitrogens is 1. The monoisotopic (exact) mass is 326 g/mol. The lowest BCUT2D eigenvalue weighted by Gasteiger charge is -2.21. The number of rotatable bonds is 5. The fourth-order valence-corrected chi connectivity index (χ4v) is 4.23. The van der Waals surface area contributed by atoms with Gasteiger partial charge in [0.1, 0.15) is 5.82 Å². The molecule has 1 saturated carbocycles.